The third-order valence-corrected chi connectivity index (χ3v) is 3.10. The van der Waals surface area contributed by atoms with Crippen LogP contribution in [0.2, 0.25) is 0 Å². The molecule has 2 atom stereocenters. The highest BCUT2D eigenvalue weighted by atomic mass is 16.9. The number of hydrogen-bond acceptors (Lipinski definition) is 8. The molecule has 2 unspecified atom stereocenters. The van der Waals surface area contributed by atoms with Crippen molar-refractivity contribution in [3.63, 3.8) is 0 Å². The largest absolute Gasteiger partial charge is 0.481 e. The van der Waals surface area contributed by atoms with Crippen molar-refractivity contribution in [3.05, 3.63) is 38.0 Å². The molecule has 2 N–H and O–H groups in total. The van der Waals surface area contributed by atoms with E-state index in [2.05, 4.69) is 19.7 Å². The van der Waals surface area contributed by atoms with Gasteiger partial charge in [0.25, 0.3) is 0 Å². The van der Waals surface area contributed by atoms with Crippen LogP contribution in [0.15, 0.2) is 38.0 Å². The molecule has 142 valence electrons. The van der Waals surface area contributed by atoms with Gasteiger partial charge in [-0.25, -0.2) is 14.4 Å². The van der Waals surface area contributed by atoms with Gasteiger partial charge in [-0.15, -0.1) is 0 Å². The first kappa shape index (κ1) is 22.6. The van der Waals surface area contributed by atoms with Crippen LogP contribution in [0, 0.1) is 11.8 Å². The summed E-state index contributed by atoms with van der Waals surface area (Å²) in [5.74, 6) is -13.1. The van der Waals surface area contributed by atoms with Gasteiger partial charge in [0.15, 0.2) is 0 Å². The number of esters is 3. The summed E-state index contributed by atoms with van der Waals surface area (Å²) in [5.41, 5.74) is 0. The van der Waals surface area contributed by atoms with E-state index in [0.717, 1.165) is 6.92 Å². The zero-order valence-corrected chi connectivity index (χ0v) is 13.9. The molecular weight excluding hydrogens is 352 g/mol. The molecule has 0 heterocycles. The average molecular weight is 370 g/mol. The second-order valence-electron chi connectivity index (χ2n) is 4.81. The van der Waals surface area contributed by atoms with Crippen LogP contribution in [0.3, 0.4) is 0 Å². The van der Waals surface area contributed by atoms with Crippen LogP contribution < -0.4 is 0 Å². The maximum absolute atomic E-state index is 11.6. The number of aliphatic carboxylic acids is 2. The Balaban J connectivity index is 6.29. The molecule has 0 rings (SSSR count). The van der Waals surface area contributed by atoms with Crippen LogP contribution in [-0.4, -0.2) is 46.0 Å². The second kappa shape index (κ2) is 9.77. The fraction of sp³-hybridized carbons (Fsp3) is 0.312. The van der Waals surface area contributed by atoms with Crippen LogP contribution in [-0.2, 0) is 38.2 Å². The zero-order chi connectivity index (χ0) is 20.5. The molecule has 10 nitrogen and oxygen atoms in total. The molecule has 0 amide bonds. The Labute approximate surface area is 148 Å². The van der Waals surface area contributed by atoms with Crippen molar-refractivity contribution < 1.29 is 48.4 Å². The summed E-state index contributed by atoms with van der Waals surface area (Å²) in [6.45, 7) is 10.4. The summed E-state index contributed by atoms with van der Waals surface area (Å²) in [6.07, 6.45) is 0.967. The second-order valence-corrected chi connectivity index (χ2v) is 4.81. The lowest BCUT2D eigenvalue weighted by atomic mass is 9.88. The minimum absolute atomic E-state index is 0.637. The van der Waals surface area contributed by atoms with E-state index in [9.17, 15) is 29.1 Å². The topological polar surface area (TPSA) is 154 Å². The van der Waals surface area contributed by atoms with Gasteiger partial charge in [0.05, 0.1) is 18.3 Å². The molecule has 0 aromatic heterocycles. The van der Waals surface area contributed by atoms with E-state index >= 15 is 0 Å². The molecule has 26 heavy (non-hydrogen) atoms. The predicted molar refractivity (Wildman–Crippen MR) is 84.1 cm³/mol. The SMILES string of the molecule is C=CC(=O)OC(OC(=O)C=C)(OC(=O)C=C)C(C)C(CC(=O)O)C(=O)O. The summed E-state index contributed by atoms with van der Waals surface area (Å²) in [6, 6.07) is 0. The Morgan fingerprint density at radius 2 is 1.23 bits per heavy atom. The lowest BCUT2D eigenvalue weighted by molar-refractivity contribution is -0.351. The molecule has 10 heteroatoms. The Kier molecular flexibility index (Phi) is 8.48. The van der Waals surface area contributed by atoms with Crippen LogP contribution in [0.5, 0.6) is 0 Å². The number of carboxylic acids is 2. The standard InChI is InChI=1S/C16H18O10/c1-5-12(19)24-16(25-13(20)6-2,26-14(21)7-3)9(4)10(15(22)23)8-11(17)18/h5-7,9-10H,1-3,8H2,4H3,(H,17,18)(H,22,23). The Bertz CT molecular complexity index is 578. The van der Waals surface area contributed by atoms with Crippen molar-refractivity contribution in [1.82, 2.24) is 0 Å². The summed E-state index contributed by atoms with van der Waals surface area (Å²) in [5, 5.41) is 18.2. The number of rotatable bonds is 11. The van der Waals surface area contributed by atoms with Crippen molar-refractivity contribution in [3.8, 4) is 0 Å². The lowest BCUT2D eigenvalue weighted by Gasteiger charge is -2.36. The lowest BCUT2D eigenvalue weighted by Crippen LogP contribution is -2.52. The van der Waals surface area contributed by atoms with E-state index < -0.39 is 54.1 Å². The molecule has 0 aliphatic carbocycles. The first-order valence-corrected chi connectivity index (χ1v) is 7.03. The fourth-order valence-electron chi connectivity index (χ4n) is 1.80. The van der Waals surface area contributed by atoms with E-state index in [4.69, 9.17) is 19.3 Å². The minimum Gasteiger partial charge on any atom is -0.481 e. The maximum atomic E-state index is 11.6. The quantitative estimate of drug-likeness (QED) is 0.301. The van der Waals surface area contributed by atoms with Crippen molar-refractivity contribution in [2.45, 2.75) is 19.3 Å². The molecule has 0 fully saturated rings. The van der Waals surface area contributed by atoms with Gasteiger partial charge in [0.2, 0.25) is 0 Å². The van der Waals surface area contributed by atoms with Crippen LogP contribution in [0.25, 0.3) is 0 Å². The summed E-state index contributed by atoms with van der Waals surface area (Å²) in [4.78, 5) is 57.3. The molecule has 0 spiro atoms. The Morgan fingerprint density at radius 3 is 1.46 bits per heavy atom. The van der Waals surface area contributed by atoms with Gasteiger partial charge in [-0.3, -0.25) is 9.59 Å². The van der Waals surface area contributed by atoms with E-state index in [1.165, 1.54) is 0 Å². The molecule has 0 radical (unpaired) electrons. The summed E-state index contributed by atoms with van der Waals surface area (Å²) >= 11 is 0. The normalized spacial score (nSPS) is 12.7. The molecule has 0 saturated heterocycles. The van der Waals surface area contributed by atoms with Crippen molar-refractivity contribution in [1.29, 1.82) is 0 Å². The van der Waals surface area contributed by atoms with Crippen molar-refractivity contribution >= 4 is 29.8 Å². The molecule has 0 aromatic carbocycles. The highest BCUT2D eigenvalue weighted by molar-refractivity contribution is 5.85. The van der Waals surface area contributed by atoms with E-state index in [0.29, 0.717) is 18.2 Å². The van der Waals surface area contributed by atoms with Crippen molar-refractivity contribution in [2.24, 2.45) is 11.8 Å². The number of carboxylic acid groups (broad SMARTS) is 2. The van der Waals surface area contributed by atoms with Gasteiger partial charge < -0.3 is 24.4 Å². The number of carbonyl (C=O) groups excluding carboxylic acids is 3. The zero-order valence-electron chi connectivity index (χ0n) is 13.9. The van der Waals surface area contributed by atoms with E-state index in [1.807, 2.05) is 0 Å². The Morgan fingerprint density at radius 1 is 0.885 bits per heavy atom. The number of hydrogen-bond donors (Lipinski definition) is 2. The van der Waals surface area contributed by atoms with Gasteiger partial charge in [-0.05, 0) is 0 Å². The molecule has 0 saturated carbocycles. The van der Waals surface area contributed by atoms with Crippen LogP contribution >= 0.6 is 0 Å². The maximum Gasteiger partial charge on any atom is 0.427 e. The summed E-state index contributed by atoms with van der Waals surface area (Å²) < 4.78 is 14.4. The van der Waals surface area contributed by atoms with Crippen molar-refractivity contribution in [2.75, 3.05) is 0 Å². The van der Waals surface area contributed by atoms with Gasteiger partial charge in [-0.1, -0.05) is 26.7 Å². The van der Waals surface area contributed by atoms with Gasteiger partial charge in [0.1, 0.15) is 0 Å². The molecule has 0 aliphatic heterocycles. The molecule has 0 aromatic rings. The average Bonchev–Trinajstić information content (AvgIpc) is 2.57. The van der Waals surface area contributed by atoms with E-state index in [1.54, 1.807) is 0 Å². The monoisotopic (exact) mass is 370 g/mol. The predicted octanol–water partition coefficient (Wildman–Crippen LogP) is 0.639. The smallest absolute Gasteiger partial charge is 0.427 e. The highest BCUT2D eigenvalue weighted by Gasteiger charge is 2.53. The van der Waals surface area contributed by atoms with Gasteiger partial charge in [0, 0.05) is 18.2 Å². The van der Waals surface area contributed by atoms with Gasteiger partial charge in [-0.2, -0.15) is 0 Å². The fourth-order valence-corrected chi connectivity index (χ4v) is 1.80. The van der Waals surface area contributed by atoms with Crippen LogP contribution in [0.4, 0.5) is 0 Å². The summed E-state index contributed by atoms with van der Waals surface area (Å²) in [7, 11) is 0. The Hall–Kier alpha value is -3.43. The third-order valence-electron chi connectivity index (χ3n) is 3.10. The van der Waals surface area contributed by atoms with E-state index in [-0.39, 0.29) is 0 Å². The number of carbonyl (C=O) groups is 5. The van der Waals surface area contributed by atoms with Crippen LogP contribution in [0.1, 0.15) is 13.3 Å². The molecule has 0 aliphatic rings. The third kappa shape index (κ3) is 6.23. The molecule has 0 bridgehead atoms. The first-order valence-electron chi connectivity index (χ1n) is 7.03. The number of ether oxygens (including phenoxy) is 3. The highest BCUT2D eigenvalue weighted by Crippen LogP contribution is 2.34. The first-order chi connectivity index (χ1) is 12.0. The van der Waals surface area contributed by atoms with Gasteiger partial charge >= 0.3 is 35.8 Å². The minimum atomic E-state index is -2.89. The molecular formula is C16H18O10.